The van der Waals surface area contributed by atoms with Crippen LogP contribution in [0.25, 0.3) is 0 Å². The predicted octanol–water partition coefficient (Wildman–Crippen LogP) is 18.9. The fourth-order valence-electron chi connectivity index (χ4n) is 8.30. The van der Waals surface area contributed by atoms with Gasteiger partial charge in [-0.1, -0.05) is 250 Å². The molecular weight excluding hydrogens is 805 g/mol. The summed E-state index contributed by atoms with van der Waals surface area (Å²) in [5.41, 5.74) is 0. The molecule has 0 aliphatic rings. The first-order valence-corrected chi connectivity index (χ1v) is 28.5. The van der Waals surface area contributed by atoms with Gasteiger partial charge in [-0.3, -0.25) is 14.4 Å². The number of hydrogen-bond acceptors (Lipinski definition) is 6. The first-order valence-electron chi connectivity index (χ1n) is 28.5. The number of hydrogen-bond donors (Lipinski definition) is 0. The zero-order valence-electron chi connectivity index (χ0n) is 43.5. The molecule has 65 heavy (non-hydrogen) atoms. The van der Waals surface area contributed by atoms with Gasteiger partial charge in [0.15, 0.2) is 6.10 Å². The van der Waals surface area contributed by atoms with Crippen LogP contribution >= 0.6 is 0 Å². The molecule has 0 heterocycles. The van der Waals surface area contributed by atoms with Gasteiger partial charge in [-0.2, -0.15) is 0 Å². The lowest BCUT2D eigenvalue weighted by Crippen LogP contribution is -2.30. The van der Waals surface area contributed by atoms with Gasteiger partial charge in [0.05, 0.1) is 0 Å². The molecule has 0 saturated carbocycles. The van der Waals surface area contributed by atoms with Crippen LogP contribution in [0.1, 0.15) is 303 Å². The van der Waals surface area contributed by atoms with E-state index in [1.54, 1.807) is 0 Å². The third-order valence-corrected chi connectivity index (χ3v) is 12.6. The van der Waals surface area contributed by atoms with E-state index < -0.39 is 6.10 Å². The highest BCUT2D eigenvalue weighted by molar-refractivity contribution is 5.71. The van der Waals surface area contributed by atoms with Crippen molar-refractivity contribution in [3.63, 3.8) is 0 Å². The van der Waals surface area contributed by atoms with Crippen LogP contribution in [0.15, 0.2) is 36.5 Å². The second kappa shape index (κ2) is 54.2. The minimum atomic E-state index is -0.779. The van der Waals surface area contributed by atoms with Gasteiger partial charge in [-0.15, -0.1) is 0 Å². The summed E-state index contributed by atoms with van der Waals surface area (Å²) < 4.78 is 16.8. The van der Waals surface area contributed by atoms with Crippen molar-refractivity contribution in [3.8, 4) is 0 Å². The Bertz CT molecular complexity index is 1090. The van der Waals surface area contributed by atoms with E-state index in [-0.39, 0.29) is 31.1 Å². The van der Waals surface area contributed by atoms with Gasteiger partial charge in [-0.25, -0.2) is 0 Å². The van der Waals surface area contributed by atoms with Crippen LogP contribution in [0, 0.1) is 0 Å². The maximum absolute atomic E-state index is 12.8. The number of esters is 3. The summed E-state index contributed by atoms with van der Waals surface area (Å²) in [5, 5.41) is 0. The Labute approximate surface area is 404 Å². The Morgan fingerprint density at radius 1 is 0.308 bits per heavy atom. The van der Waals surface area contributed by atoms with E-state index in [1.165, 1.54) is 173 Å². The van der Waals surface area contributed by atoms with Crippen molar-refractivity contribution >= 4 is 17.9 Å². The predicted molar refractivity (Wildman–Crippen MR) is 279 cm³/mol. The largest absolute Gasteiger partial charge is 0.462 e. The van der Waals surface area contributed by atoms with Crippen molar-refractivity contribution in [2.75, 3.05) is 13.2 Å². The van der Waals surface area contributed by atoms with E-state index in [4.69, 9.17) is 14.2 Å². The average molecular weight is 914 g/mol. The molecule has 1 atom stereocenters. The molecule has 0 N–H and O–H groups in total. The van der Waals surface area contributed by atoms with Gasteiger partial charge in [-0.05, 0) is 70.6 Å². The molecule has 0 saturated heterocycles. The highest BCUT2D eigenvalue weighted by atomic mass is 16.6. The Kier molecular flexibility index (Phi) is 52.3. The molecule has 0 aliphatic heterocycles. The molecule has 0 aromatic carbocycles. The fourth-order valence-corrected chi connectivity index (χ4v) is 8.30. The minimum Gasteiger partial charge on any atom is -0.462 e. The van der Waals surface area contributed by atoms with Crippen LogP contribution in [0.3, 0.4) is 0 Å². The van der Waals surface area contributed by atoms with Crippen LogP contribution < -0.4 is 0 Å². The van der Waals surface area contributed by atoms with Gasteiger partial charge in [0, 0.05) is 19.3 Å². The van der Waals surface area contributed by atoms with Crippen molar-refractivity contribution in [2.45, 2.75) is 309 Å². The number of ether oxygens (including phenoxy) is 3. The van der Waals surface area contributed by atoms with Crippen LogP contribution in [-0.2, 0) is 28.6 Å². The Morgan fingerprint density at radius 3 is 0.923 bits per heavy atom. The first-order chi connectivity index (χ1) is 32.0. The van der Waals surface area contributed by atoms with Crippen molar-refractivity contribution in [1.82, 2.24) is 0 Å². The van der Waals surface area contributed by atoms with Gasteiger partial charge in [0.1, 0.15) is 13.2 Å². The Hall–Kier alpha value is -2.37. The second-order valence-electron chi connectivity index (χ2n) is 19.2. The zero-order chi connectivity index (χ0) is 47.2. The number of carbonyl (C=O) groups excluding carboxylic acids is 3. The summed E-state index contributed by atoms with van der Waals surface area (Å²) in [5.74, 6) is -0.884. The lowest BCUT2D eigenvalue weighted by atomic mass is 10.0. The smallest absolute Gasteiger partial charge is 0.306 e. The molecule has 0 radical (unpaired) electrons. The molecule has 0 aliphatic carbocycles. The molecule has 1 unspecified atom stereocenters. The van der Waals surface area contributed by atoms with Crippen molar-refractivity contribution < 1.29 is 28.6 Å². The molecule has 6 heteroatoms. The molecular formula is C59H108O6. The SMILES string of the molecule is CCC/C=C\C/C=C\CCCCCCCC(=O)OCC(COC(=O)CCCCCCCCCCCCCCCCCCCCC)OC(=O)CCCCCCC/C=C\CCCCCCCC. The normalized spacial score (nSPS) is 12.2. The van der Waals surface area contributed by atoms with Gasteiger partial charge in [0.25, 0.3) is 0 Å². The molecule has 0 spiro atoms. The van der Waals surface area contributed by atoms with Crippen LogP contribution in [0.4, 0.5) is 0 Å². The maximum Gasteiger partial charge on any atom is 0.306 e. The quantitative estimate of drug-likeness (QED) is 0.0262. The molecule has 380 valence electrons. The Morgan fingerprint density at radius 2 is 0.585 bits per heavy atom. The van der Waals surface area contributed by atoms with E-state index in [1.807, 2.05) is 0 Å². The molecule has 0 aromatic rings. The van der Waals surface area contributed by atoms with Crippen LogP contribution in [-0.4, -0.2) is 37.2 Å². The topological polar surface area (TPSA) is 78.9 Å². The van der Waals surface area contributed by atoms with Gasteiger partial charge in [0.2, 0.25) is 0 Å². The van der Waals surface area contributed by atoms with Crippen molar-refractivity contribution in [1.29, 1.82) is 0 Å². The highest BCUT2D eigenvalue weighted by Gasteiger charge is 2.19. The summed E-state index contributed by atoms with van der Waals surface area (Å²) >= 11 is 0. The van der Waals surface area contributed by atoms with E-state index in [2.05, 4.69) is 57.2 Å². The van der Waals surface area contributed by atoms with Crippen LogP contribution in [0.5, 0.6) is 0 Å². The van der Waals surface area contributed by atoms with Crippen molar-refractivity contribution in [3.05, 3.63) is 36.5 Å². The number of unbranched alkanes of at least 4 members (excludes halogenated alkanes) is 35. The summed E-state index contributed by atoms with van der Waals surface area (Å²) in [7, 11) is 0. The number of allylic oxidation sites excluding steroid dienone is 6. The number of carbonyl (C=O) groups is 3. The van der Waals surface area contributed by atoms with E-state index in [0.717, 1.165) is 89.9 Å². The summed E-state index contributed by atoms with van der Waals surface area (Å²) in [6.07, 6.45) is 64.2. The van der Waals surface area contributed by atoms with Gasteiger partial charge >= 0.3 is 17.9 Å². The summed E-state index contributed by atoms with van der Waals surface area (Å²) in [6.45, 7) is 6.59. The second-order valence-corrected chi connectivity index (χ2v) is 19.2. The first kappa shape index (κ1) is 62.6. The standard InChI is InChI=1S/C59H108O6/c1-4-7-10-13-16-19-22-25-27-28-29-30-32-34-37-40-43-46-49-52-58(61)64-55-56(54-63-57(60)51-48-45-42-39-36-33-24-21-18-15-12-9-6-3)65-59(62)53-50-47-44-41-38-35-31-26-23-20-17-14-11-8-5-2/h12,15,21,24,26,31,56H,4-11,13-14,16-20,22-23,25,27-30,32-55H2,1-3H3/b15-12-,24-21-,31-26-. The molecule has 0 amide bonds. The maximum atomic E-state index is 12.8. The fraction of sp³-hybridized carbons (Fsp3) is 0.847. The third kappa shape index (κ3) is 52.5. The lowest BCUT2D eigenvalue weighted by molar-refractivity contribution is -0.167. The van der Waals surface area contributed by atoms with Crippen LogP contribution in [0.2, 0.25) is 0 Å². The molecule has 0 fully saturated rings. The minimum absolute atomic E-state index is 0.0766. The zero-order valence-corrected chi connectivity index (χ0v) is 43.5. The van der Waals surface area contributed by atoms with E-state index in [0.29, 0.717) is 19.3 Å². The highest BCUT2D eigenvalue weighted by Crippen LogP contribution is 2.16. The van der Waals surface area contributed by atoms with E-state index in [9.17, 15) is 14.4 Å². The molecule has 0 bridgehead atoms. The third-order valence-electron chi connectivity index (χ3n) is 12.6. The summed E-state index contributed by atoms with van der Waals surface area (Å²) in [6, 6.07) is 0. The summed E-state index contributed by atoms with van der Waals surface area (Å²) in [4.78, 5) is 38.1. The molecule has 6 nitrogen and oxygen atoms in total. The number of rotatable bonds is 52. The lowest BCUT2D eigenvalue weighted by Gasteiger charge is -2.18. The van der Waals surface area contributed by atoms with Gasteiger partial charge < -0.3 is 14.2 Å². The van der Waals surface area contributed by atoms with E-state index >= 15 is 0 Å². The monoisotopic (exact) mass is 913 g/mol. The average Bonchev–Trinajstić information content (AvgIpc) is 3.30. The van der Waals surface area contributed by atoms with Crippen molar-refractivity contribution in [2.24, 2.45) is 0 Å². The Balaban J connectivity index is 4.33. The molecule has 0 aromatic heterocycles. The molecule has 0 rings (SSSR count).